The molecule has 1 saturated heterocycles. The molecular weight excluding hydrogens is 200 g/mol. The molecule has 92 valence electrons. The molecule has 16 heavy (non-hydrogen) atoms. The van der Waals surface area contributed by atoms with Crippen LogP contribution in [0.2, 0.25) is 0 Å². The van der Waals surface area contributed by atoms with Crippen molar-refractivity contribution in [1.82, 2.24) is 10.2 Å². The molecule has 3 nitrogen and oxygen atoms in total. The van der Waals surface area contributed by atoms with Crippen molar-refractivity contribution >= 4 is 5.91 Å². The van der Waals surface area contributed by atoms with Crippen LogP contribution in [-0.2, 0) is 4.79 Å². The number of amides is 1. The Kier molecular flexibility index (Phi) is 3.85. The lowest BCUT2D eigenvalue weighted by molar-refractivity contribution is -0.127. The van der Waals surface area contributed by atoms with Crippen molar-refractivity contribution in [3.63, 3.8) is 0 Å². The highest BCUT2D eigenvalue weighted by atomic mass is 16.2. The first-order chi connectivity index (χ1) is 7.65. The zero-order chi connectivity index (χ0) is 11.5. The Morgan fingerprint density at radius 3 is 2.69 bits per heavy atom. The number of nitrogens with zero attached hydrogens (tertiary/aromatic N) is 1. The molecule has 0 bridgehead atoms. The van der Waals surface area contributed by atoms with Gasteiger partial charge < -0.3 is 10.2 Å². The van der Waals surface area contributed by atoms with Gasteiger partial charge in [0.1, 0.15) is 0 Å². The lowest BCUT2D eigenvalue weighted by atomic mass is 9.81. The van der Waals surface area contributed by atoms with Crippen molar-refractivity contribution < 1.29 is 4.79 Å². The number of rotatable bonds is 4. The number of nitrogens with one attached hydrogen (secondary N) is 1. The highest BCUT2D eigenvalue weighted by Crippen LogP contribution is 2.30. The molecule has 2 atom stereocenters. The van der Waals surface area contributed by atoms with Gasteiger partial charge in [0.25, 0.3) is 0 Å². The van der Waals surface area contributed by atoms with E-state index in [-0.39, 0.29) is 5.91 Å². The Hall–Kier alpha value is -0.570. The molecule has 3 heteroatoms. The second kappa shape index (κ2) is 5.17. The zero-order valence-electron chi connectivity index (χ0n) is 10.5. The molecule has 1 aliphatic heterocycles. The second-order valence-corrected chi connectivity index (χ2v) is 5.55. The third-order valence-corrected chi connectivity index (χ3v) is 4.07. The van der Waals surface area contributed by atoms with E-state index < -0.39 is 0 Å². The number of carbonyl (C=O) groups excluding carboxylic acids is 1. The molecule has 0 aromatic rings. The molecule has 1 N–H and O–H groups in total. The van der Waals surface area contributed by atoms with Gasteiger partial charge in [-0.15, -0.1) is 0 Å². The Balaban J connectivity index is 1.67. The molecule has 2 unspecified atom stereocenters. The first-order valence-electron chi connectivity index (χ1n) is 6.66. The fourth-order valence-corrected chi connectivity index (χ4v) is 2.88. The van der Waals surface area contributed by atoms with E-state index in [1.807, 2.05) is 4.90 Å². The minimum Gasteiger partial charge on any atom is -0.341 e. The summed E-state index contributed by atoms with van der Waals surface area (Å²) in [5.41, 5.74) is 0. The fraction of sp³-hybridized carbons (Fsp3) is 0.923. The van der Waals surface area contributed by atoms with Crippen LogP contribution in [0.25, 0.3) is 0 Å². The van der Waals surface area contributed by atoms with E-state index in [9.17, 15) is 4.79 Å². The molecule has 2 aliphatic rings. The van der Waals surface area contributed by atoms with Gasteiger partial charge in [-0.3, -0.25) is 4.79 Å². The molecule has 1 amide bonds. The lowest BCUT2D eigenvalue weighted by Crippen LogP contribution is -2.40. The third kappa shape index (κ3) is 2.97. The number of likely N-dealkylation sites (tertiary alicyclic amines) is 1. The van der Waals surface area contributed by atoms with Crippen molar-refractivity contribution in [3.8, 4) is 0 Å². The van der Waals surface area contributed by atoms with E-state index in [0.717, 1.165) is 25.4 Å². The van der Waals surface area contributed by atoms with Crippen LogP contribution in [0.1, 0.15) is 46.0 Å². The molecular formula is C13H24N2O. The SMILES string of the molecule is CC(=O)N1CCC(NC(C)CC2CCC2)C1. The predicted octanol–water partition coefficient (Wildman–Crippen LogP) is 1.78. The first-order valence-corrected chi connectivity index (χ1v) is 6.66. The standard InChI is InChI=1S/C13H24N2O/c1-10(8-12-4-3-5-12)14-13-6-7-15(9-13)11(2)16/h10,12-14H,3-9H2,1-2H3. The Morgan fingerprint density at radius 1 is 1.44 bits per heavy atom. The van der Waals surface area contributed by atoms with Crippen LogP contribution in [-0.4, -0.2) is 36.0 Å². The van der Waals surface area contributed by atoms with Gasteiger partial charge in [0.2, 0.25) is 5.91 Å². The second-order valence-electron chi connectivity index (χ2n) is 5.55. The summed E-state index contributed by atoms with van der Waals surface area (Å²) in [7, 11) is 0. The molecule has 2 rings (SSSR count). The van der Waals surface area contributed by atoms with Crippen LogP contribution < -0.4 is 5.32 Å². The smallest absolute Gasteiger partial charge is 0.219 e. The minimum absolute atomic E-state index is 0.218. The maximum atomic E-state index is 11.2. The third-order valence-electron chi connectivity index (χ3n) is 4.07. The zero-order valence-corrected chi connectivity index (χ0v) is 10.5. The molecule has 1 heterocycles. The lowest BCUT2D eigenvalue weighted by Gasteiger charge is -2.30. The van der Waals surface area contributed by atoms with Gasteiger partial charge >= 0.3 is 0 Å². The first kappa shape index (κ1) is 11.9. The van der Waals surface area contributed by atoms with E-state index in [0.29, 0.717) is 12.1 Å². The molecule has 0 spiro atoms. The highest BCUT2D eigenvalue weighted by molar-refractivity contribution is 5.73. The van der Waals surface area contributed by atoms with Crippen LogP contribution in [0.5, 0.6) is 0 Å². The molecule has 0 aromatic heterocycles. The summed E-state index contributed by atoms with van der Waals surface area (Å²) in [6.45, 7) is 5.79. The molecule has 1 aliphatic carbocycles. The summed E-state index contributed by atoms with van der Waals surface area (Å²) in [6.07, 6.45) is 6.72. The topological polar surface area (TPSA) is 32.3 Å². The van der Waals surface area contributed by atoms with E-state index in [1.54, 1.807) is 6.92 Å². The number of hydrogen-bond donors (Lipinski definition) is 1. The Labute approximate surface area is 98.6 Å². The summed E-state index contributed by atoms with van der Waals surface area (Å²) in [5.74, 6) is 1.18. The average molecular weight is 224 g/mol. The number of hydrogen-bond acceptors (Lipinski definition) is 2. The maximum absolute atomic E-state index is 11.2. The van der Waals surface area contributed by atoms with Crippen molar-refractivity contribution in [3.05, 3.63) is 0 Å². The van der Waals surface area contributed by atoms with Crippen molar-refractivity contribution in [2.24, 2.45) is 5.92 Å². The van der Waals surface area contributed by atoms with Crippen LogP contribution >= 0.6 is 0 Å². The van der Waals surface area contributed by atoms with Crippen LogP contribution in [0.4, 0.5) is 0 Å². The normalized spacial score (nSPS) is 27.9. The molecule has 1 saturated carbocycles. The van der Waals surface area contributed by atoms with Gasteiger partial charge in [-0.25, -0.2) is 0 Å². The van der Waals surface area contributed by atoms with Gasteiger partial charge in [-0.1, -0.05) is 19.3 Å². The summed E-state index contributed by atoms with van der Waals surface area (Å²) in [4.78, 5) is 13.2. The van der Waals surface area contributed by atoms with Crippen molar-refractivity contribution in [2.75, 3.05) is 13.1 Å². The van der Waals surface area contributed by atoms with E-state index in [2.05, 4.69) is 12.2 Å². The predicted molar refractivity (Wildman–Crippen MR) is 65.2 cm³/mol. The Bertz CT molecular complexity index is 250. The fourth-order valence-electron chi connectivity index (χ4n) is 2.88. The van der Waals surface area contributed by atoms with Crippen molar-refractivity contribution in [1.29, 1.82) is 0 Å². The monoisotopic (exact) mass is 224 g/mol. The van der Waals surface area contributed by atoms with Gasteiger partial charge in [-0.05, 0) is 25.7 Å². The van der Waals surface area contributed by atoms with Crippen LogP contribution in [0.3, 0.4) is 0 Å². The van der Waals surface area contributed by atoms with Gasteiger partial charge in [0.05, 0.1) is 0 Å². The highest BCUT2D eigenvalue weighted by Gasteiger charge is 2.26. The minimum atomic E-state index is 0.218. The molecule has 0 aromatic carbocycles. The summed E-state index contributed by atoms with van der Waals surface area (Å²) in [6, 6.07) is 1.14. The van der Waals surface area contributed by atoms with Crippen LogP contribution in [0, 0.1) is 5.92 Å². The summed E-state index contributed by atoms with van der Waals surface area (Å²) in [5, 5.41) is 3.67. The average Bonchev–Trinajstić information content (AvgIpc) is 2.60. The molecule has 2 fully saturated rings. The molecule has 0 radical (unpaired) electrons. The van der Waals surface area contributed by atoms with E-state index in [4.69, 9.17) is 0 Å². The largest absolute Gasteiger partial charge is 0.341 e. The summed E-state index contributed by atoms with van der Waals surface area (Å²) >= 11 is 0. The van der Waals surface area contributed by atoms with E-state index >= 15 is 0 Å². The summed E-state index contributed by atoms with van der Waals surface area (Å²) < 4.78 is 0. The Morgan fingerprint density at radius 2 is 2.19 bits per heavy atom. The van der Waals surface area contributed by atoms with Gasteiger partial charge in [0.15, 0.2) is 0 Å². The quantitative estimate of drug-likeness (QED) is 0.789. The van der Waals surface area contributed by atoms with E-state index in [1.165, 1.54) is 25.7 Å². The maximum Gasteiger partial charge on any atom is 0.219 e. The number of carbonyl (C=O) groups is 1. The van der Waals surface area contributed by atoms with Gasteiger partial charge in [0, 0.05) is 32.1 Å². The van der Waals surface area contributed by atoms with Crippen LogP contribution in [0.15, 0.2) is 0 Å². The van der Waals surface area contributed by atoms with Gasteiger partial charge in [-0.2, -0.15) is 0 Å². The van der Waals surface area contributed by atoms with Crippen molar-refractivity contribution in [2.45, 2.75) is 58.0 Å².